The normalized spacial score (nSPS) is 14.4. The molecular formula is C23H23BrN4O3. The number of rotatable bonds is 6. The van der Waals surface area contributed by atoms with Gasteiger partial charge in [0.2, 0.25) is 5.91 Å². The van der Waals surface area contributed by atoms with Crippen molar-refractivity contribution < 1.29 is 14.3 Å². The molecule has 0 unspecified atom stereocenters. The molecule has 31 heavy (non-hydrogen) atoms. The highest BCUT2D eigenvalue weighted by atomic mass is 79.9. The summed E-state index contributed by atoms with van der Waals surface area (Å²) in [5.74, 6) is 0.829. The number of carbonyl (C=O) groups is 2. The van der Waals surface area contributed by atoms with Gasteiger partial charge in [-0.1, -0.05) is 28.1 Å². The van der Waals surface area contributed by atoms with Gasteiger partial charge in [0.15, 0.2) is 6.61 Å². The molecule has 1 fully saturated rings. The fraction of sp³-hybridized carbons (Fsp3) is 0.261. The van der Waals surface area contributed by atoms with Crippen LogP contribution in [0.4, 0.5) is 11.5 Å². The Morgan fingerprint density at radius 1 is 1.10 bits per heavy atom. The van der Waals surface area contributed by atoms with Gasteiger partial charge in [-0.15, -0.1) is 0 Å². The van der Waals surface area contributed by atoms with E-state index in [0.29, 0.717) is 17.0 Å². The molecule has 2 aromatic carbocycles. The molecule has 0 radical (unpaired) electrons. The fourth-order valence-electron chi connectivity index (χ4n) is 3.67. The summed E-state index contributed by atoms with van der Waals surface area (Å²) >= 11 is 3.37. The lowest BCUT2D eigenvalue weighted by molar-refractivity contribution is -0.122. The first-order chi connectivity index (χ1) is 15.0. The summed E-state index contributed by atoms with van der Waals surface area (Å²) in [5, 5.41) is 3.74. The Labute approximate surface area is 188 Å². The van der Waals surface area contributed by atoms with Crippen LogP contribution in [0.15, 0.2) is 59.1 Å². The van der Waals surface area contributed by atoms with Crippen molar-refractivity contribution in [3.05, 3.63) is 59.1 Å². The highest BCUT2D eigenvalue weighted by Crippen LogP contribution is 2.28. The fourth-order valence-corrected chi connectivity index (χ4v) is 3.93. The highest BCUT2D eigenvalue weighted by Gasteiger charge is 2.24. The Balaban J connectivity index is 1.45. The SMILES string of the molecule is NC(=O)C1CCN(c2ccc3cccc(OCC(=O)Nc4ccc(Br)cc4)c3n2)CC1. The molecule has 0 spiro atoms. The van der Waals surface area contributed by atoms with Crippen LogP contribution in [0.2, 0.25) is 0 Å². The van der Waals surface area contributed by atoms with Crippen molar-refractivity contribution in [2.45, 2.75) is 12.8 Å². The number of fused-ring (bicyclic) bond motifs is 1. The Morgan fingerprint density at radius 3 is 2.55 bits per heavy atom. The second kappa shape index (κ2) is 9.34. The Hall–Kier alpha value is -3.13. The van der Waals surface area contributed by atoms with Gasteiger partial charge in [-0.3, -0.25) is 9.59 Å². The minimum Gasteiger partial charge on any atom is -0.481 e. The number of aromatic nitrogens is 1. The zero-order chi connectivity index (χ0) is 21.8. The third kappa shape index (κ3) is 5.14. The van der Waals surface area contributed by atoms with E-state index in [1.165, 1.54) is 0 Å². The summed E-state index contributed by atoms with van der Waals surface area (Å²) in [6, 6.07) is 17.0. The number of primary amides is 1. The van der Waals surface area contributed by atoms with E-state index in [1.807, 2.05) is 54.6 Å². The molecule has 1 aromatic heterocycles. The molecule has 0 aliphatic carbocycles. The van der Waals surface area contributed by atoms with Crippen molar-refractivity contribution in [1.82, 2.24) is 4.98 Å². The summed E-state index contributed by atoms with van der Waals surface area (Å²) in [5.41, 5.74) is 6.84. The van der Waals surface area contributed by atoms with Crippen molar-refractivity contribution in [3.63, 3.8) is 0 Å². The maximum Gasteiger partial charge on any atom is 0.262 e. The third-order valence-electron chi connectivity index (χ3n) is 5.38. The van der Waals surface area contributed by atoms with E-state index in [0.717, 1.165) is 41.6 Å². The zero-order valence-corrected chi connectivity index (χ0v) is 18.5. The number of pyridine rings is 1. The first-order valence-corrected chi connectivity index (χ1v) is 10.9. The molecule has 2 amide bonds. The van der Waals surface area contributed by atoms with Gasteiger partial charge in [0, 0.05) is 34.6 Å². The number of nitrogens with two attached hydrogens (primary N) is 1. The van der Waals surface area contributed by atoms with E-state index in [-0.39, 0.29) is 24.3 Å². The number of halogens is 1. The Bertz CT molecular complexity index is 1100. The number of nitrogens with zero attached hydrogens (tertiary/aromatic N) is 2. The maximum absolute atomic E-state index is 12.3. The summed E-state index contributed by atoms with van der Waals surface area (Å²) in [6.07, 6.45) is 1.45. The van der Waals surface area contributed by atoms with Crippen LogP contribution >= 0.6 is 15.9 Å². The third-order valence-corrected chi connectivity index (χ3v) is 5.91. The lowest BCUT2D eigenvalue weighted by Crippen LogP contribution is -2.38. The molecule has 1 aliphatic heterocycles. The molecule has 0 bridgehead atoms. The van der Waals surface area contributed by atoms with E-state index in [4.69, 9.17) is 15.5 Å². The molecule has 3 N–H and O–H groups in total. The number of amides is 2. The van der Waals surface area contributed by atoms with Crippen molar-refractivity contribution >= 4 is 50.2 Å². The number of ether oxygens (including phenoxy) is 1. The molecular weight excluding hydrogens is 460 g/mol. The number of anilines is 2. The van der Waals surface area contributed by atoms with Crippen molar-refractivity contribution in [2.75, 3.05) is 29.9 Å². The minimum absolute atomic E-state index is 0.0696. The molecule has 160 valence electrons. The van der Waals surface area contributed by atoms with E-state index < -0.39 is 0 Å². The smallest absolute Gasteiger partial charge is 0.262 e. The standard InChI is InChI=1S/C23H23BrN4O3/c24-17-5-7-18(8-6-17)26-21(29)14-31-19-3-1-2-15-4-9-20(27-22(15)19)28-12-10-16(11-13-28)23(25)30/h1-9,16H,10-14H2,(H2,25,30)(H,26,29). The van der Waals surface area contributed by atoms with Crippen LogP contribution < -0.4 is 20.7 Å². The van der Waals surface area contributed by atoms with Crippen LogP contribution in [0.3, 0.4) is 0 Å². The van der Waals surface area contributed by atoms with Crippen LogP contribution in [-0.2, 0) is 9.59 Å². The topological polar surface area (TPSA) is 97.5 Å². The van der Waals surface area contributed by atoms with E-state index in [1.54, 1.807) is 0 Å². The molecule has 0 saturated carbocycles. The first kappa shape index (κ1) is 21.1. The number of hydrogen-bond donors (Lipinski definition) is 2. The molecule has 8 heteroatoms. The molecule has 2 heterocycles. The molecule has 4 rings (SSSR count). The molecule has 0 atom stereocenters. The maximum atomic E-state index is 12.3. The Kier molecular flexibility index (Phi) is 6.36. The summed E-state index contributed by atoms with van der Waals surface area (Å²) < 4.78 is 6.75. The number of carbonyl (C=O) groups excluding carboxylic acids is 2. The molecule has 1 saturated heterocycles. The van der Waals surface area contributed by atoms with Crippen LogP contribution in [0.5, 0.6) is 5.75 Å². The number of hydrogen-bond acceptors (Lipinski definition) is 5. The summed E-state index contributed by atoms with van der Waals surface area (Å²) in [7, 11) is 0. The Morgan fingerprint density at radius 2 is 1.84 bits per heavy atom. The van der Waals surface area contributed by atoms with Crippen molar-refractivity contribution in [3.8, 4) is 5.75 Å². The van der Waals surface area contributed by atoms with Gasteiger partial charge in [0.1, 0.15) is 17.1 Å². The molecule has 1 aliphatic rings. The van der Waals surface area contributed by atoms with Crippen molar-refractivity contribution in [2.24, 2.45) is 11.7 Å². The van der Waals surface area contributed by atoms with Gasteiger partial charge in [-0.05, 0) is 55.3 Å². The number of piperidine rings is 1. The van der Waals surface area contributed by atoms with Gasteiger partial charge in [0.25, 0.3) is 5.91 Å². The van der Waals surface area contributed by atoms with Crippen LogP contribution in [-0.4, -0.2) is 36.5 Å². The predicted octanol–water partition coefficient (Wildman–Crippen LogP) is 3.72. The van der Waals surface area contributed by atoms with Gasteiger partial charge in [0.05, 0.1) is 0 Å². The first-order valence-electron chi connectivity index (χ1n) is 10.1. The summed E-state index contributed by atoms with van der Waals surface area (Å²) in [4.78, 5) is 30.6. The largest absolute Gasteiger partial charge is 0.481 e. The molecule has 7 nitrogen and oxygen atoms in total. The molecule has 3 aromatic rings. The minimum atomic E-state index is -0.246. The zero-order valence-electron chi connectivity index (χ0n) is 16.9. The quantitative estimate of drug-likeness (QED) is 0.557. The second-order valence-electron chi connectivity index (χ2n) is 7.50. The number of benzene rings is 2. The lowest BCUT2D eigenvalue weighted by atomic mass is 9.96. The van der Waals surface area contributed by atoms with E-state index in [2.05, 4.69) is 26.1 Å². The highest BCUT2D eigenvalue weighted by molar-refractivity contribution is 9.10. The second-order valence-corrected chi connectivity index (χ2v) is 8.42. The lowest BCUT2D eigenvalue weighted by Gasteiger charge is -2.31. The van der Waals surface area contributed by atoms with Crippen LogP contribution in [0.1, 0.15) is 12.8 Å². The average Bonchev–Trinajstić information content (AvgIpc) is 2.79. The number of nitrogens with one attached hydrogen (secondary N) is 1. The monoisotopic (exact) mass is 482 g/mol. The summed E-state index contributed by atoms with van der Waals surface area (Å²) in [6.45, 7) is 1.33. The van der Waals surface area contributed by atoms with Crippen molar-refractivity contribution in [1.29, 1.82) is 0 Å². The van der Waals surface area contributed by atoms with E-state index >= 15 is 0 Å². The number of para-hydroxylation sites is 1. The van der Waals surface area contributed by atoms with Gasteiger partial charge in [-0.25, -0.2) is 4.98 Å². The predicted molar refractivity (Wildman–Crippen MR) is 124 cm³/mol. The van der Waals surface area contributed by atoms with Gasteiger partial charge < -0.3 is 20.7 Å². The average molecular weight is 483 g/mol. The van der Waals surface area contributed by atoms with Crippen LogP contribution in [0, 0.1) is 5.92 Å². The van der Waals surface area contributed by atoms with Crippen LogP contribution in [0.25, 0.3) is 10.9 Å². The van der Waals surface area contributed by atoms with Gasteiger partial charge in [-0.2, -0.15) is 0 Å². The van der Waals surface area contributed by atoms with E-state index in [9.17, 15) is 9.59 Å². The van der Waals surface area contributed by atoms with Gasteiger partial charge >= 0.3 is 0 Å².